The van der Waals surface area contributed by atoms with E-state index >= 15 is 0 Å². The van der Waals surface area contributed by atoms with Gasteiger partial charge in [0.25, 0.3) is 5.92 Å². The fourth-order valence-electron chi connectivity index (χ4n) is 2.98. The van der Waals surface area contributed by atoms with Gasteiger partial charge in [0, 0.05) is 6.54 Å². The first-order chi connectivity index (χ1) is 7.19. The van der Waals surface area contributed by atoms with Gasteiger partial charge in [-0.2, -0.15) is 0 Å². The van der Waals surface area contributed by atoms with E-state index in [1.54, 1.807) is 0 Å². The highest BCUT2D eigenvalue weighted by atomic mass is 35.5. The average Bonchev–Trinajstić information content (AvgIpc) is 2.80. The standard InChI is InChI=1S/C12H13F2N.ClH/c13-12(14)10-8-15-7-6-11(10,12)9-4-2-1-3-5-9;/h1-5,10,15H,6-8H2;1H. The Balaban J connectivity index is 0.000000963. The molecule has 1 aliphatic carbocycles. The fraction of sp³-hybridized carbons (Fsp3) is 0.500. The Morgan fingerprint density at radius 3 is 2.50 bits per heavy atom. The Morgan fingerprint density at radius 1 is 1.19 bits per heavy atom. The van der Waals surface area contributed by atoms with Crippen LogP contribution in [0.15, 0.2) is 30.3 Å². The number of rotatable bonds is 1. The molecule has 16 heavy (non-hydrogen) atoms. The van der Waals surface area contributed by atoms with Crippen LogP contribution in [0.25, 0.3) is 0 Å². The van der Waals surface area contributed by atoms with Crippen LogP contribution in [0.4, 0.5) is 8.78 Å². The van der Waals surface area contributed by atoms with Crippen molar-refractivity contribution in [2.45, 2.75) is 17.8 Å². The summed E-state index contributed by atoms with van der Waals surface area (Å²) < 4.78 is 27.6. The van der Waals surface area contributed by atoms with Crippen molar-refractivity contribution in [3.05, 3.63) is 35.9 Å². The smallest absolute Gasteiger partial charge is 0.263 e. The summed E-state index contributed by atoms with van der Waals surface area (Å²) in [5, 5.41) is 3.05. The Bertz CT molecular complexity index is 382. The summed E-state index contributed by atoms with van der Waals surface area (Å²) in [5.74, 6) is -3.01. The summed E-state index contributed by atoms with van der Waals surface area (Å²) in [6, 6.07) is 9.23. The molecule has 1 N–H and O–H groups in total. The van der Waals surface area contributed by atoms with Gasteiger partial charge in [0.2, 0.25) is 0 Å². The molecule has 1 heterocycles. The van der Waals surface area contributed by atoms with Crippen LogP contribution in [-0.2, 0) is 5.41 Å². The van der Waals surface area contributed by atoms with E-state index in [2.05, 4.69) is 5.32 Å². The molecule has 88 valence electrons. The van der Waals surface area contributed by atoms with E-state index in [0.717, 1.165) is 5.56 Å². The molecular weight excluding hydrogens is 232 g/mol. The van der Waals surface area contributed by atoms with Crippen molar-refractivity contribution >= 4 is 12.4 Å². The minimum absolute atomic E-state index is 0. The Morgan fingerprint density at radius 2 is 1.88 bits per heavy atom. The van der Waals surface area contributed by atoms with Gasteiger partial charge >= 0.3 is 0 Å². The van der Waals surface area contributed by atoms with Crippen LogP contribution in [-0.4, -0.2) is 19.0 Å². The molecule has 1 saturated heterocycles. The first-order valence-corrected chi connectivity index (χ1v) is 5.33. The van der Waals surface area contributed by atoms with Gasteiger partial charge in [-0.05, 0) is 18.5 Å². The summed E-state index contributed by atoms with van der Waals surface area (Å²) in [7, 11) is 0. The summed E-state index contributed by atoms with van der Waals surface area (Å²) in [6.07, 6.45) is 0.550. The molecule has 1 nitrogen and oxygen atoms in total. The van der Waals surface area contributed by atoms with Crippen molar-refractivity contribution < 1.29 is 8.78 Å². The number of fused-ring (bicyclic) bond motifs is 1. The molecule has 3 rings (SSSR count). The molecule has 2 atom stereocenters. The van der Waals surface area contributed by atoms with Crippen molar-refractivity contribution in [2.75, 3.05) is 13.1 Å². The fourth-order valence-corrected chi connectivity index (χ4v) is 2.98. The maximum atomic E-state index is 13.8. The lowest BCUT2D eigenvalue weighted by Gasteiger charge is -2.21. The molecular formula is C12H14ClF2N. The van der Waals surface area contributed by atoms with E-state index in [1.165, 1.54) is 0 Å². The first kappa shape index (κ1) is 11.8. The van der Waals surface area contributed by atoms with Gasteiger partial charge in [-0.15, -0.1) is 12.4 Å². The second-order valence-corrected chi connectivity index (χ2v) is 4.47. The van der Waals surface area contributed by atoms with Gasteiger partial charge in [0.1, 0.15) is 0 Å². The summed E-state index contributed by atoms with van der Waals surface area (Å²) in [6.45, 7) is 1.14. The largest absolute Gasteiger partial charge is 0.316 e. The number of piperidine rings is 1. The third-order valence-electron chi connectivity index (χ3n) is 3.88. The third-order valence-corrected chi connectivity index (χ3v) is 3.88. The molecule has 1 saturated carbocycles. The highest BCUT2D eigenvalue weighted by molar-refractivity contribution is 5.85. The van der Waals surface area contributed by atoms with Crippen molar-refractivity contribution in [3.63, 3.8) is 0 Å². The van der Waals surface area contributed by atoms with Crippen LogP contribution in [0, 0.1) is 5.92 Å². The molecule has 0 aromatic heterocycles. The maximum absolute atomic E-state index is 13.8. The number of hydrogen-bond acceptors (Lipinski definition) is 1. The first-order valence-electron chi connectivity index (χ1n) is 5.33. The SMILES string of the molecule is Cl.FC1(F)C2CNCCC21c1ccccc1. The molecule has 2 aliphatic rings. The molecule has 1 aliphatic heterocycles. The number of nitrogens with one attached hydrogen (secondary N) is 1. The predicted octanol–water partition coefficient (Wildman–Crippen LogP) is 2.60. The second-order valence-electron chi connectivity index (χ2n) is 4.47. The van der Waals surface area contributed by atoms with Gasteiger partial charge < -0.3 is 5.32 Å². The highest BCUT2D eigenvalue weighted by Gasteiger charge is 2.80. The van der Waals surface area contributed by atoms with E-state index in [-0.39, 0.29) is 12.4 Å². The maximum Gasteiger partial charge on any atom is 0.263 e. The third kappa shape index (κ3) is 1.25. The molecule has 0 bridgehead atoms. The van der Waals surface area contributed by atoms with E-state index in [4.69, 9.17) is 0 Å². The predicted molar refractivity (Wildman–Crippen MR) is 61.3 cm³/mol. The van der Waals surface area contributed by atoms with Crippen LogP contribution in [0.2, 0.25) is 0 Å². The molecule has 2 fully saturated rings. The molecule has 1 aromatic rings. The summed E-state index contributed by atoms with van der Waals surface area (Å²) >= 11 is 0. The summed E-state index contributed by atoms with van der Waals surface area (Å²) in [4.78, 5) is 0. The zero-order chi connectivity index (χ0) is 10.5. The topological polar surface area (TPSA) is 12.0 Å². The Hall–Kier alpha value is -0.670. The molecule has 0 radical (unpaired) electrons. The van der Waals surface area contributed by atoms with Gasteiger partial charge in [-0.1, -0.05) is 30.3 Å². The quantitative estimate of drug-likeness (QED) is 0.802. The molecule has 0 amide bonds. The van der Waals surface area contributed by atoms with E-state index in [0.29, 0.717) is 19.5 Å². The van der Waals surface area contributed by atoms with Crippen molar-refractivity contribution in [1.29, 1.82) is 0 Å². The highest BCUT2D eigenvalue weighted by Crippen LogP contribution is 2.69. The minimum Gasteiger partial charge on any atom is -0.316 e. The van der Waals surface area contributed by atoms with E-state index < -0.39 is 17.3 Å². The lowest BCUT2D eigenvalue weighted by Crippen LogP contribution is -2.31. The second kappa shape index (κ2) is 3.67. The lowest BCUT2D eigenvalue weighted by molar-refractivity contribution is 0.0781. The van der Waals surface area contributed by atoms with Crippen LogP contribution < -0.4 is 5.32 Å². The van der Waals surface area contributed by atoms with E-state index in [1.807, 2.05) is 30.3 Å². The van der Waals surface area contributed by atoms with Crippen LogP contribution in [0.5, 0.6) is 0 Å². The molecule has 0 spiro atoms. The van der Waals surface area contributed by atoms with Crippen molar-refractivity contribution in [2.24, 2.45) is 5.92 Å². The zero-order valence-corrected chi connectivity index (χ0v) is 9.57. The molecule has 4 heteroatoms. The van der Waals surface area contributed by atoms with Gasteiger partial charge in [0.05, 0.1) is 11.3 Å². The van der Waals surface area contributed by atoms with Crippen molar-refractivity contribution in [1.82, 2.24) is 5.32 Å². The average molecular weight is 246 g/mol. The normalized spacial score (nSPS) is 34.8. The monoisotopic (exact) mass is 245 g/mol. The zero-order valence-electron chi connectivity index (χ0n) is 8.75. The van der Waals surface area contributed by atoms with Crippen LogP contribution >= 0.6 is 12.4 Å². The molecule has 2 unspecified atom stereocenters. The lowest BCUT2D eigenvalue weighted by atomic mass is 9.87. The molecule has 1 aromatic carbocycles. The van der Waals surface area contributed by atoms with Gasteiger partial charge in [0.15, 0.2) is 0 Å². The Labute approximate surface area is 99.6 Å². The van der Waals surface area contributed by atoms with Gasteiger partial charge in [-0.3, -0.25) is 0 Å². The summed E-state index contributed by atoms with van der Waals surface area (Å²) in [5.41, 5.74) is -0.0547. The number of halogens is 3. The number of hydrogen-bond donors (Lipinski definition) is 1. The number of alkyl halides is 2. The van der Waals surface area contributed by atoms with E-state index in [9.17, 15) is 8.78 Å². The van der Waals surface area contributed by atoms with Crippen LogP contribution in [0.3, 0.4) is 0 Å². The van der Waals surface area contributed by atoms with Gasteiger partial charge in [-0.25, -0.2) is 8.78 Å². The van der Waals surface area contributed by atoms with Crippen molar-refractivity contribution in [3.8, 4) is 0 Å². The number of benzene rings is 1. The minimum atomic E-state index is -2.52. The Kier molecular flexibility index (Phi) is 2.71. The van der Waals surface area contributed by atoms with Crippen LogP contribution in [0.1, 0.15) is 12.0 Å².